The summed E-state index contributed by atoms with van der Waals surface area (Å²) in [6, 6.07) is 5.40. The molecule has 0 aliphatic heterocycles. The van der Waals surface area contributed by atoms with Crippen molar-refractivity contribution >= 4 is 10.9 Å². The number of aromatic nitrogens is 1. The number of nitrogens with zero attached hydrogens (tertiary/aromatic N) is 1. The van der Waals surface area contributed by atoms with E-state index in [-0.39, 0.29) is 10.9 Å². The molecule has 0 atom stereocenters. The minimum atomic E-state index is -4.57. The molecule has 112 valence electrons. The highest BCUT2D eigenvalue weighted by molar-refractivity contribution is 5.84. The molecule has 0 spiro atoms. The number of pyridine rings is 1. The standard InChI is InChI=1S/C15H15F3N2O/c16-15(17,18)12-8-14(21)20(19)13-6-5-10(7-11(12)13)9-3-1-2-4-9/h5-9H,1-4,19H2. The third-order valence-electron chi connectivity index (χ3n) is 4.21. The average Bonchev–Trinajstić information content (AvgIpc) is 2.95. The van der Waals surface area contributed by atoms with Gasteiger partial charge in [0, 0.05) is 11.5 Å². The minimum absolute atomic E-state index is 0.00556. The molecule has 3 nitrogen and oxygen atoms in total. The molecule has 0 bridgehead atoms. The van der Waals surface area contributed by atoms with Gasteiger partial charge in [0.2, 0.25) is 0 Å². The van der Waals surface area contributed by atoms with E-state index in [1.54, 1.807) is 6.07 Å². The summed E-state index contributed by atoms with van der Waals surface area (Å²) >= 11 is 0. The van der Waals surface area contributed by atoms with Gasteiger partial charge < -0.3 is 5.84 Å². The first-order valence-corrected chi connectivity index (χ1v) is 6.90. The lowest BCUT2D eigenvalue weighted by molar-refractivity contribution is -0.136. The summed E-state index contributed by atoms with van der Waals surface area (Å²) in [6.07, 6.45) is -0.374. The van der Waals surface area contributed by atoms with E-state index >= 15 is 0 Å². The van der Waals surface area contributed by atoms with Gasteiger partial charge in [-0.25, -0.2) is 4.68 Å². The highest BCUT2D eigenvalue weighted by atomic mass is 19.4. The van der Waals surface area contributed by atoms with E-state index in [0.29, 0.717) is 12.0 Å². The van der Waals surface area contributed by atoms with Crippen molar-refractivity contribution in [1.29, 1.82) is 0 Å². The molecule has 1 aliphatic rings. The van der Waals surface area contributed by atoms with Gasteiger partial charge in [0.25, 0.3) is 5.56 Å². The van der Waals surface area contributed by atoms with Crippen LogP contribution in [0.1, 0.15) is 42.7 Å². The molecule has 1 heterocycles. The number of rotatable bonds is 1. The Morgan fingerprint density at radius 3 is 2.43 bits per heavy atom. The zero-order valence-electron chi connectivity index (χ0n) is 11.3. The van der Waals surface area contributed by atoms with Crippen molar-refractivity contribution in [3.05, 3.63) is 45.7 Å². The first-order valence-electron chi connectivity index (χ1n) is 6.90. The van der Waals surface area contributed by atoms with Crippen LogP contribution in [0.5, 0.6) is 0 Å². The zero-order valence-corrected chi connectivity index (χ0v) is 11.3. The lowest BCUT2D eigenvalue weighted by Gasteiger charge is -2.15. The molecule has 1 saturated carbocycles. The van der Waals surface area contributed by atoms with Crippen molar-refractivity contribution in [2.75, 3.05) is 5.84 Å². The Balaban J connectivity index is 2.27. The Hall–Kier alpha value is -1.98. The normalized spacial score (nSPS) is 16.7. The van der Waals surface area contributed by atoms with Gasteiger partial charge in [-0.05, 0) is 36.5 Å². The maximum Gasteiger partial charge on any atom is 0.417 e. The van der Waals surface area contributed by atoms with Crippen molar-refractivity contribution < 1.29 is 13.2 Å². The summed E-state index contributed by atoms with van der Waals surface area (Å²) in [6.45, 7) is 0. The molecule has 21 heavy (non-hydrogen) atoms. The van der Waals surface area contributed by atoms with Gasteiger partial charge >= 0.3 is 6.18 Å². The van der Waals surface area contributed by atoms with Crippen LogP contribution < -0.4 is 11.4 Å². The quantitative estimate of drug-likeness (QED) is 0.820. The minimum Gasteiger partial charge on any atom is -0.336 e. The highest BCUT2D eigenvalue weighted by Gasteiger charge is 2.34. The summed E-state index contributed by atoms with van der Waals surface area (Å²) in [5.74, 6) is 5.87. The molecule has 1 aromatic heterocycles. The number of nitrogens with two attached hydrogens (primary N) is 1. The lowest BCUT2D eigenvalue weighted by atomic mass is 9.95. The first kappa shape index (κ1) is 14.0. The Labute approximate surface area is 119 Å². The van der Waals surface area contributed by atoms with Crippen LogP contribution in [-0.4, -0.2) is 4.68 Å². The maximum absolute atomic E-state index is 13.1. The average molecular weight is 296 g/mol. The van der Waals surface area contributed by atoms with Crippen LogP contribution in [0.25, 0.3) is 10.9 Å². The van der Waals surface area contributed by atoms with Gasteiger partial charge in [-0.2, -0.15) is 13.2 Å². The number of fused-ring (bicyclic) bond motifs is 1. The molecule has 0 unspecified atom stereocenters. The molecule has 0 amide bonds. The number of benzene rings is 1. The van der Waals surface area contributed by atoms with E-state index in [1.165, 1.54) is 12.1 Å². The lowest BCUT2D eigenvalue weighted by Crippen LogP contribution is -2.28. The van der Waals surface area contributed by atoms with Crippen LogP contribution in [0.15, 0.2) is 29.1 Å². The predicted octanol–water partition coefficient (Wildman–Crippen LogP) is 3.39. The second-order valence-electron chi connectivity index (χ2n) is 5.52. The van der Waals surface area contributed by atoms with Gasteiger partial charge in [-0.3, -0.25) is 4.79 Å². The smallest absolute Gasteiger partial charge is 0.336 e. The molecule has 2 aromatic rings. The van der Waals surface area contributed by atoms with Crippen LogP contribution >= 0.6 is 0 Å². The van der Waals surface area contributed by atoms with Crippen LogP contribution in [0, 0.1) is 0 Å². The van der Waals surface area contributed by atoms with Gasteiger partial charge in [-0.15, -0.1) is 0 Å². The van der Waals surface area contributed by atoms with E-state index < -0.39 is 17.3 Å². The third kappa shape index (κ3) is 2.39. The van der Waals surface area contributed by atoms with Gasteiger partial charge in [0.05, 0.1) is 11.1 Å². The molecule has 0 saturated heterocycles. The van der Waals surface area contributed by atoms with E-state index in [0.717, 1.165) is 35.9 Å². The fraction of sp³-hybridized carbons (Fsp3) is 0.400. The fourth-order valence-electron chi connectivity index (χ4n) is 3.12. The largest absolute Gasteiger partial charge is 0.417 e. The van der Waals surface area contributed by atoms with Gasteiger partial charge in [-0.1, -0.05) is 18.9 Å². The molecule has 1 fully saturated rings. The number of alkyl halides is 3. The summed E-state index contributed by atoms with van der Waals surface area (Å²) < 4.78 is 40.2. The third-order valence-corrected chi connectivity index (χ3v) is 4.21. The van der Waals surface area contributed by atoms with E-state index in [9.17, 15) is 18.0 Å². The highest BCUT2D eigenvalue weighted by Crippen LogP contribution is 2.38. The molecule has 1 aliphatic carbocycles. The van der Waals surface area contributed by atoms with E-state index in [2.05, 4.69) is 0 Å². The fourth-order valence-corrected chi connectivity index (χ4v) is 3.12. The van der Waals surface area contributed by atoms with E-state index in [4.69, 9.17) is 5.84 Å². The van der Waals surface area contributed by atoms with Gasteiger partial charge in [0.15, 0.2) is 0 Å². The van der Waals surface area contributed by atoms with E-state index in [1.807, 2.05) is 0 Å². The Morgan fingerprint density at radius 1 is 1.14 bits per heavy atom. The summed E-state index contributed by atoms with van der Waals surface area (Å²) in [5, 5.41) is -0.00556. The molecule has 0 radical (unpaired) electrons. The van der Waals surface area contributed by atoms with Crippen molar-refractivity contribution in [3.8, 4) is 0 Å². The number of nitrogen functional groups attached to an aromatic ring is 1. The van der Waals surface area contributed by atoms with Crippen molar-refractivity contribution in [3.63, 3.8) is 0 Å². The zero-order chi connectivity index (χ0) is 15.2. The number of halogens is 3. The van der Waals surface area contributed by atoms with Crippen LogP contribution in [0.2, 0.25) is 0 Å². The van der Waals surface area contributed by atoms with Crippen molar-refractivity contribution in [2.45, 2.75) is 37.8 Å². The van der Waals surface area contributed by atoms with Crippen LogP contribution in [-0.2, 0) is 6.18 Å². The van der Waals surface area contributed by atoms with Crippen molar-refractivity contribution in [2.24, 2.45) is 0 Å². The molecule has 3 rings (SSSR count). The topological polar surface area (TPSA) is 48.0 Å². The summed E-state index contributed by atoms with van der Waals surface area (Å²) in [4.78, 5) is 11.6. The Bertz CT molecular complexity index is 743. The van der Waals surface area contributed by atoms with Crippen LogP contribution in [0.4, 0.5) is 13.2 Å². The van der Waals surface area contributed by atoms with Crippen molar-refractivity contribution in [1.82, 2.24) is 4.68 Å². The summed E-state index contributed by atoms with van der Waals surface area (Å²) in [7, 11) is 0. The Morgan fingerprint density at radius 2 is 1.81 bits per heavy atom. The molecule has 1 aromatic carbocycles. The monoisotopic (exact) mass is 296 g/mol. The Kier molecular flexibility index (Phi) is 3.19. The molecular weight excluding hydrogens is 281 g/mol. The predicted molar refractivity (Wildman–Crippen MR) is 74.6 cm³/mol. The molecule has 2 N–H and O–H groups in total. The molecular formula is C15H15F3N2O. The molecule has 6 heteroatoms. The SMILES string of the molecule is Nn1c(=O)cc(C(F)(F)F)c2cc(C3CCCC3)ccc21. The second kappa shape index (κ2) is 4.79. The first-order chi connectivity index (χ1) is 9.88. The number of hydrogen-bond acceptors (Lipinski definition) is 2. The number of hydrogen-bond donors (Lipinski definition) is 1. The second-order valence-corrected chi connectivity index (χ2v) is 5.52. The van der Waals surface area contributed by atoms with Gasteiger partial charge in [0.1, 0.15) is 0 Å². The summed E-state index contributed by atoms with van der Waals surface area (Å²) in [5.41, 5.74) is -0.770. The maximum atomic E-state index is 13.1. The van der Waals surface area contributed by atoms with Crippen LogP contribution in [0.3, 0.4) is 0 Å².